The summed E-state index contributed by atoms with van der Waals surface area (Å²) in [6.07, 6.45) is 7.42. The highest BCUT2D eigenvalue weighted by Gasteiger charge is 2.22. The van der Waals surface area contributed by atoms with E-state index in [1.165, 1.54) is 18.6 Å². The third-order valence-corrected chi connectivity index (χ3v) is 5.16. The molecule has 0 aliphatic heterocycles. The number of amides is 1. The van der Waals surface area contributed by atoms with Gasteiger partial charge >= 0.3 is 5.97 Å². The van der Waals surface area contributed by atoms with Gasteiger partial charge in [0.1, 0.15) is 16.3 Å². The number of anilines is 1. The minimum absolute atomic E-state index is 0.0112. The van der Waals surface area contributed by atoms with Crippen molar-refractivity contribution in [2.24, 2.45) is 0 Å². The molecule has 0 spiro atoms. The number of aromatic carboxylic acids is 1. The Morgan fingerprint density at radius 1 is 1.14 bits per heavy atom. The molecule has 2 N–H and O–H groups in total. The van der Waals surface area contributed by atoms with Crippen molar-refractivity contribution in [3.8, 4) is 16.8 Å². The number of halogens is 1. The van der Waals surface area contributed by atoms with Crippen molar-refractivity contribution < 1.29 is 14.7 Å². The van der Waals surface area contributed by atoms with Gasteiger partial charge in [0.25, 0.3) is 5.91 Å². The Morgan fingerprint density at radius 3 is 2.62 bits per heavy atom. The summed E-state index contributed by atoms with van der Waals surface area (Å²) in [5.41, 5.74) is 1.92. The van der Waals surface area contributed by atoms with Crippen molar-refractivity contribution in [1.82, 2.24) is 19.7 Å². The van der Waals surface area contributed by atoms with E-state index in [0.717, 1.165) is 17.0 Å². The number of carbonyl (C=O) groups excluding carboxylic acids is 1. The molecule has 3 aromatic heterocycles. The molecule has 0 saturated heterocycles. The molecule has 0 saturated carbocycles. The number of carboxylic acid groups (broad SMARTS) is 1. The van der Waals surface area contributed by atoms with Gasteiger partial charge in [-0.15, -0.1) is 11.3 Å². The molecule has 0 aliphatic carbocycles. The molecule has 1 amide bonds. The van der Waals surface area contributed by atoms with Crippen LogP contribution in [-0.2, 0) is 0 Å². The van der Waals surface area contributed by atoms with Gasteiger partial charge in [-0.05, 0) is 24.3 Å². The summed E-state index contributed by atoms with van der Waals surface area (Å²) in [5, 5.41) is 19.1. The molecule has 29 heavy (non-hydrogen) atoms. The summed E-state index contributed by atoms with van der Waals surface area (Å²) in [5.74, 6) is -1.69. The molecular weight excluding hydrogens is 414 g/mol. The molecule has 4 rings (SSSR count). The molecule has 10 heteroatoms. The number of aromatic nitrogens is 4. The maximum Gasteiger partial charge on any atom is 0.339 e. The molecule has 0 bridgehead atoms. The average Bonchev–Trinajstić information content (AvgIpc) is 3.36. The van der Waals surface area contributed by atoms with Crippen LogP contribution in [0, 0.1) is 0 Å². The molecule has 0 aliphatic rings. The fourth-order valence-corrected chi connectivity index (χ4v) is 3.74. The normalized spacial score (nSPS) is 10.7. The van der Waals surface area contributed by atoms with Gasteiger partial charge in [0, 0.05) is 40.1 Å². The van der Waals surface area contributed by atoms with E-state index in [1.54, 1.807) is 46.7 Å². The third-order valence-electron chi connectivity index (χ3n) is 4.01. The van der Waals surface area contributed by atoms with Crippen molar-refractivity contribution in [2.75, 3.05) is 5.32 Å². The van der Waals surface area contributed by atoms with Crippen LogP contribution >= 0.6 is 22.9 Å². The number of benzene rings is 1. The van der Waals surface area contributed by atoms with E-state index in [9.17, 15) is 14.7 Å². The second-order valence-corrected chi connectivity index (χ2v) is 7.17. The van der Waals surface area contributed by atoms with Crippen LogP contribution in [0.25, 0.3) is 16.8 Å². The topological polar surface area (TPSA) is 110 Å². The van der Waals surface area contributed by atoms with Crippen molar-refractivity contribution in [1.29, 1.82) is 0 Å². The lowest BCUT2D eigenvalue weighted by Crippen LogP contribution is -2.15. The number of carboxylic acids is 1. The van der Waals surface area contributed by atoms with Crippen LogP contribution in [-0.4, -0.2) is 36.7 Å². The molecule has 0 unspecified atom stereocenters. The summed E-state index contributed by atoms with van der Waals surface area (Å²) >= 11 is 7.02. The van der Waals surface area contributed by atoms with Crippen LogP contribution in [0.2, 0.25) is 5.02 Å². The number of nitrogens with one attached hydrogen (secondary N) is 1. The molecule has 4 aromatic rings. The number of carbonyl (C=O) groups is 2. The van der Waals surface area contributed by atoms with E-state index >= 15 is 0 Å². The number of nitrogens with zero attached hydrogens (tertiary/aromatic N) is 4. The van der Waals surface area contributed by atoms with Crippen LogP contribution in [0.1, 0.15) is 20.8 Å². The number of thiophene rings is 1. The monoisotopic (exact) mass is 425 g/mol. The first-order valence-corrected chi connectivity index (χ1v) is 9.52. The van der Waals surface area contributed by atoms with Crippen LogP contribution in [0.5, 0.6) is 0 Å². The molecular formula is C19H12ClN5O3S. The van der Waals surface area contributed by atoms with Gasteiger partial charge < -0.3 is 10.4 Å². The van der Waals surface area contributed by atoms with Crippen LogP contribution < -0.4 is 5.32 Å². The summed E-state index contributed by atoms with van der Waals surface area (Å²) in [6, 6.07) is 7.09. The Labute approximate surface area is 173 Å². The minimum atomic E-state index is -1.16. The van der Waals surface area contributed by atoms with Gasteiger partial charge in [0.15, 0.2) is 0 Å². The highest BCUT2D eigenvalue weighted by Crippen LogP contribution is 2.36. The van der Waals surface area contributed by atoms with Crippen LogP contribution in [0.4, 0.5) is 5.00 Å². The van der Waals surface area contributed by atoms with Crippen molar-refractivity contribution in [3.05, 3.63) is 76.9 Å². The highest BCUT2D eigenvalue weighted by atomic mass is 35.5. The Kier molecular flexibility index (Phi) is 5.07. The highest BCUT2D eigenvalue weighted by molar-refractivity contribution is 7.15. The number of hydrogen-bond acceptors (Lipinski definition) is 6. The zero-order valence-electron chi connectivity index (χ0n) is 14.6. The molecule has 1 aromatic carbocycles. The predicted octanol–water partition coefficient (Wildman–Crippen LogP) is 3.99. The summed E-state index contributed by atoms with van der Waals surface area (Å²) in [4.78, 5) is 32.0. The van der Waals surface area contributed by atoms with E-state index in [1.807, 2.05) is 0 Å². The Morgan fingerprint density at radius 2 is 1.93 bits per heavy atom. The van der Waals surface area contributed by atoms with Gasteiger partial charge in [0.2, 0.25) is 0 Å². The number of hydrogen-bond donors (Lipinski definition) is 2. The first kappa shape index (κ1) is 18.8. The molecule has 0 fully saturated rings. The van der Waals surface area contributed by atoms with Gasteiger partial charge in [-0.1, -0.05) is 11.6 Å². The van der Waals surface area contributed by atoms with Gasteiger partial charge in [-0.25, -0.2) is 14.5 Å². The molecule has 144 valence electrons. The van der Waals surface area contributed by atoms with Crippen molar-refractivity contribution >= 4 is 39.8 Å². The Bertz CT molecular complexity index is 1190. The van der Waals surface area contributed by atoms with E-state index in [-0.39, 0.29) is 16.3 Å². The van der Waals surface area contributed by atoms with Crippen molar-refractivity contribution in [3.63, 3.8) is 0 Å². The van der Waals surface area contributed by atoms with Gasteiger partial charge in [-0.2, -0.15) is 5.10 Å². The maximum absolute atomic E-state index is 12.3. The van der Waals surface area contributed by atoms with Crippen molar-refractivity contribution in [2.45, 2.75) is 0 Å². The second-order valence-electron chi connectivity index (χ2n) is 5.85. The fourth-order valence-electron chi connectivity index (χ4n) is 2.66. The Hall–Kier alpha value is -3.56. The molecule has 0 radical (unpaired) electrons. The van der Waals surface area contributed by atoms with E-state index in [0.29, 0.717) is 16.1 Å². The number of rotatable bonds is 5. The zero-order valence-corrected chi connectivity index (χ0v) is 16.2. The molecule has 0 atom stereocenters. The lowest BCUT2D eigenvalue weighted by atomic mass is 10.1. The maximum atomic E-state index is 12.3. The first-order chi connectivity index (χ1) is 14.0. The molecule has 8 nitrogen and oxygen atoms in total. The lowest BCUT2D eigenvalue weighted by Gasteiger charge is -2.04. The summed E-state index contributed by atoms with van der Waals surface area (Å²) in [6.45, 7) is 0. The lowest BCUT2D eigenvalue weighted by molar-refractivity contribution is 0.0699. The van der Waals surface area contributed by atoms with Gasteiger partial charge in [0.05, 0.1) is 18.1 Å². The summed E-state index contributed by atoms with van der Waals surface area (Å²) in [7, 11) is 0. The first-order valence-electron chi connectivity index (χ1n) is 8.26. The fraction of sp³-hybridized carbons (Fsp3) is 0. The van der Waals surface area contributed by atoms with E-state index in [2.05, 4.69) is 20.4 Å². The third kappa shape index (κ3) is 3.86. The molecule has 3 heterocycles. The second kappa shape index (κ2) is 7.82. The zero-order chi connectivity index (χ0) is 20.4. The minimum Gasteiger partial charge on any atom is -0.478 e. The quantitative estimate of drug-likeness (QED) is 0.500. The Balaban J connectivity index is 1.66. The van der Waals surface area contributed by atoms with E-state index < -0.39 is 11.9 Å². The average molecular weight is 426 g/mol. The predicted molar refractivity (Wildman–Crippen MR) is 109 cm³/mol. The SMILES string of the molecule is O=C(Nc1scc(-c2cnn(-c3ccc(Cl)cc3)c2)c1C(=O)O)c1cnccn1. The largest absolute Gasteiger partial charge is 0.478 e. The van der Waals surface area contributed by atoms with Crippen LogP contribution in [0.3, 0.4) is 0 Å². The standard InChI is InChI=1S/C19H12ClN5O3S/c20-12-1-3-13(4-2-12)25-9-11(7-23-25)14-10-29-18(16(14)19(27)28)24-17(26)15-8-21-5-6-22-15/h1-10H,(H,24,26)(H,27,28). The van der Waals surface area contributed by atoms with Gasteiger partial charge in [-0.3, -0.25) is 9.78 Å². The summed E-state index contributed by atoms with van der Waals surface area (Å²) < 4.78 is 1.62. The van der Waals surface area contributed by atoms with E-state index in [4.69, 9.17) is 11.6 Å². The van der Waals surface area contributed by atoms with Crippen LogP contribution in [0.15, 0.2) is 60.6 Å². The smallest absolute Gasteiger partial charge is 0.339 e.